The summed E-state index contributed by atoms with van der Waals surface area (Å²) in [5.74, 6) is 0.891. The highest BCUT2D eigenvalue weighted by atomic mass is 16.2. The molecule has 4 rings (SSSR count). The molecule has 1 spiro atoms. The van der Waals surface area contributed by atoms with Crippen LogP contribution in [0.1, 0.15) is 48.5 Å². The van der Waals surface area contributed by atoms with E-state index >= 15 is 0 Å². The van der Waals surface area contributed by atoms with Gasteiger partial charge in [0.2, 0.25) is 5.91 Å². The number of benzene rings is 1. The van der Waals surface area contributed by atoms with Crippen LogP contribution in [-0.2, 0) is 4.79 Å². The topological polar surface area (TPSA) is 52.7 Å². The highest BCUT2D eigenvalue weighted by Crippen LogP contribution is 2.44. The van der Waals surface area contributed by atoms with Gasteiger partial charge in [0.1, 0.15) is 0 Å². The fourth-order valence-electron chi connectivity index (χ4n) is 5.27. The minimum Gasteiger partial charge on any atom is -0.350 e. The van der Waals surface area contributed by atoms with Gasteiger partial charge in [0, 0.05) is 43.2 Å². The lowest BCUT2D eigenvalue weighted by molar-refractivity contribution is -0.123. The monoisotopic (exact) mass is 369 g/mol. The van der Waals surface area contributed by atoms with Crippen LogP contribution >= 0.6 is 0 Å². The average Bonchev–Trinajstić information content (AvgIpc) is 3.20. The number of unbranched alkanes of at least 4 members (excludes halogenated alkanes) is 1. The van der Waals surface area contributed by atoms with Crippen LogP contribution in [0.4, 0.5) is 0 Å². The van der Waals surface area contributed by atoms with Gasteiger partial charge in [0.15, 0.2) is 0 Å². The van der Waals surface area contributed by atoms with Crippen molar-refractivity contribution in [1.82, 2.24) is 15.1 Å². The molecule has 0 unspecified atom stereocenters. The van der Waals surface area contributed by atoms with Crippen molar-refractivity contribution >= 4 is 11.8 Å². The number of fused-ring (bicyclic) bond motifs is 2. The summed E-state index contributed by atoms with van der Waals surface area (Å²) in [4.78, 5) is 29.9. The van der Waals surface area contributed by atoms with Crippen molar-refractivity contribution in [1.29, 1.82) is 0 Å². The maximum atomic E-state index is 12.8. The molecule has 1 aromatic carbocycles. The maximum absolute atomic E-state index is 12.8. The van der Waals surface area contributed by atoms with Crippen LogP contribution < -0.4 is 5.32 Å². The number of piperidine rings is 1. The second kappa shape index (κ2) is 7.27. The minimum absolute atomic E-state index is 0.105. The number of rotatable bonds is 4. The number of amides is 2. The van der Waals surface area contributed by atoms with E-state index in [1.54, 1.807) is 0 Å². The second-order valence-electron chi connectivity index (χ2n) is 8.63. The number of aryl methyl sites for hydroxylation is 1. The van der Waals surface area contributed by atoms with Crippen LogP contribution in [-0.4, -0.2) is 59.9 Å². The Bertz CT molecular complexity index is 724. The third kappa shape index (κ3) is 3.38. The van der Waals surface area contributed by atoms with Crippen molar-refractivity contribution in [3.8, 4) is 0 Å². The summed E-state index contributed by atoms with van der Waals surface area (Å²) in [6, 6.07) is 7.82. The van der Waals surface area contributed by atoms with Crippen LogP contribution in [0.15, 0.2) is 24.3 Å². The van der Waals surface area contributed by atoms with E-state index in [0.717, 1.165) is 56.7 Å². The first-order valence-corrected chi connectivity index (χ1v) is 10.4. The van der Waals surface area contributed by atoms with Crippen molar-refractivity contribution in [3.05, 3.63) is 35.4 Å². The molecule has 2 atom stereocenters. The third-order valence-electron chi connectivity index (χ3n) is 6.85. The first-order valence-electron chi connectivity index (χ1n) is 10.4. The summed E-state index contributed by atoms with van der Waals surface area (Å²) < 4.78 is 0. The highest BCUT2D eigenvalue weighted by Gasteiger charge is 2.57. The Morgan fingerprint density at radius 2 is 2.04 bits per heavy atom. The van der Waals surface area contributed by atoms with Crippen molar-refractivity contribution < 1.29 is 9.59 Å². The van der Waals surface area contributed by atoms with E-state index in [4.69, 9.17) is 0 Å². The van der Waals surface area contributed by atoms with Gasteiger partial charge in [-0.05, 0) is 44.9 Å². The number of carbonyl (C=O) groups excluding carboxylic acids is 2. The zero-order chi connectivity index (χ0) is 19.0. The van der Waals surface area contributed by atoms with Crippen LogP contribution in [0.5, 0.6) is 0 Å². The summed E-state index contributed by atoms with van der Waals surface area (Å²) in [5.41, 5.74) is 1.77. The highest BCUT2D eigenvalue weighted by molar-refractivity contribution is 5.94. The molecular formula is C22H31N3O2. The van der Waals surface area contributed by atoms with Crippen LogP contribution in [0.3, 0.4) is 0 Å². The van der Waals surface area contributed by atoms with E-state index in [1.807, 2.05) is 36.1 Å². The number of carbonyl (C=O) groups is 2. The van der Waals surface area contributed by atoms with E-state index in [9.17, 15) is 9.59 Å². The Hall–Kier alpha value is -1.88. The average molecular weight is 370 g/mol. The van der Waals surface area contributed by atoms with Gasteiger partial charge in [-0.1, -0.05) is 31.0 Å². The summed E-state index contributed by atoms with van der Waals surface area (Å²) in [5, 5.41) is 3.35. The van der Waals surface area contributed by atoms with Crippen molar-refractivity contribution in [2.24, 2.45) is 11.8 Å². The first kappa shape index (κ1) is 18.5. The molecule has 3 saturated heterocycles. The Kier molecular flexibility index (Phi) is 4.97. The van der Waals surface area contributed by atoms with Gasteiger partial charge in [0.05, 0.1) is 5.92 Å². The third-order valence-corrected chi connectivity index (χ3v) is 6.85. The van der Waals surface area contributed by atoms with E-state index in [0.29, 0.717) is 5.92 Å². The van der Waals surface area contributed by atoms with Gasteiger partial charge in [0.25, 0.3) is 5.91 Å². The number of nitrogens with zero attached hydrogens (tertiary/aromatic N) is 2. The zero-order valence-electron chi connectivity index (χ0n) is 16.5. The molecule has 0 aliphatic carbocycles. The molecule has 3 aliphatic heterocycles. The molecule has 0 saturated carbocycles. The van der Waals surface area contributed by atoms with E-state index in [2.05, 4.69) is 17.1 Å². The van der Waals surface area contributed by atoms with E-state index < -0.39 is 0 Å². The molecule has 3 fully saturated rings. The Labute approximate surface area is 162 Å². The summed E-state index contributed by atoms with van der Waals surface area (Å²) in [6.07, 6.45) is 4.14. The quantitative estimate of drug-likeness (QED) is 0.887. The summed E-state index contributed by atoms with van der Waals surface area (Å²) in [6.45, 7) is 8.72. The molecule has 2 amide bonds. The van der Waals surface area contributed by atoms with Crippen LogP contribution in [0.25, 0.3) is 0 Å². The number of nitrogens with one attached hydrogen (secondary N) is 1. The van der Waals surface area contributed by atoms with Crippen LogP contribution in [0.2, 0.25) is 0 Å². The van der Waals surface area contributed by atoms with Crippen molar-refractivity contribution in [2.45, 2.75) is 45.1 Å². The van der Waals surface area contributed by atoms with Gasteiger partial charge >= 0.3 is 0 Å². The number of hydrogen-bond acceptors (Lipinski definition) is 3. The lowest BCUT2D eigenvalue weighted by atomic mass is 9.75. The predicted molar refractivity (Wildman–Crippen MR) is 106 cm³/mol. The molecule has 0 radical (unpaired) electrons. The normalized spacial score (nSPS) is 27.0. The van der Waals surface area contributed by atoms with Crippen molar-refractivity contribution in [2.75, 3.05) is 32.7 Å². The Morgan fingerprint density at radius 3 is 2.74 bits per heavy atom. The molecule has 5 heteroatoms. The molecule has 3 aliphatic rings. The van der Waals surface area contributed by atoms with Gasteiger partial charge < -0.3 is 15.1 Å². The maximum Gasteiger partial charge on any atom is 0.253 e. The molecule has 0 bridgehead atoms. The van der Waals surface area contributed by atoms with E-state index in [-0.39, 0.29) is 23.3 Å². The van der Waals surface area contributed by atoms with Gasteiger partial charge in [-0.2, -0.15) is 0 Å². The van der Waals surface area contributed by atoms with Gasteiger partial charge in [-0.15, -0.1) is 0 Å². The fraction of sp³-hybridized carbons (Fsp3) is 0.636. The standard InChI is InChI=1S/C22H31N3O2/c1-3-4-10-24-14-18-19(15-24)22(23-20(18)26)8-11-25(12-9-22)21(27)17-7-5-6-16(2)13-17/h5-7,13,18-19H,3-4,8-12,14-15H2,1-2H3,(H,23,26)/t18-,19+/m1/s1. The predicted octanol–water partition coefficient (Wildman–Crippen LogP) is 2.45. The zero-order valence-corrected chi connectivity index (χ0v) is 16.5. The fourth-order valence-corrected chi connectivity index (χ4v) is 5.27. The lowest BCUT2D eigenvalue weighted by Gasteiger charge is -2.42. The Balaban J connectivity index is 1.42. The largest absolute Gasteiger partial charge is 0.350 e. The minimum atomic E-state index is -0.105. The summed E-state index contributed by atoms with van der Waals surface area (Å²) >= 11 is 0. The molecule has 146 valence electrons. The molecule has 27 heavy (non-hydrogen) atoms. The molecular weight excluding hydrogens is 338 g/mol. The second-order valence-corrected chi connectivity index (χ2v) is 8.63. The molecule has 5 nitrogen and oxygen atoms in total. The Morgan fingerprint density at radius 1 is 1.26 bits per heavy atom. The molecule has 1 aromatic rings. The number of likely N-dealkylation sites (tertiary alicyclic amines) is 2. The van der Waals surface area contributed by atoms with Crippen molar-refractivity contribution in [3.63, 3.8) is 0 Å². The lowest BCUT2D eigenvalue weighted by Crippen LogP contribution is -2.56. The smallest absolute Gasteiger partial charge is 0.253 e. The summed E-state index contributed by atoms with van der Waals surface area (Å²) in [7, 11) is 0. The van der Waals surface area contributed by atoms with Gasteiger partial charge in [-0.3, -0.25) is 9.59 Å². The molecule has 3 heterocycles. The molecule has 1 N–H and O–H groups in total. The first-order chi connectivity index (χ1) is 13.0. The van der Waals surface area contributed by atoms with E-state index in [1.165, 1.54) is 12.8 Å². The number of hydrogen-bond donors (Lipinski definition) is 1. The van der Waals surface area contributed by atoms with Gasteiger partial charge in [-0.25, -0.2) is 0 Å². The SMILES string of the molecule is CCCCN1C[C@H]2C(=O)NC3(CCN(C(=O)c4cccc(C)c4)CC3)[C@H]2C1. The molecule has 0 aromatic heterocycles. The van der Waals surface area contributed by atoms with Crippen LogP contribution in [0, 0.1) is 18.8 Å².